The molecule has 2 nitrogen and oxygen atoms in total. The average molecular weight is 415 g/mol. The van der Waals surface area contributed by atoms with Crippen molar-refractivity contribution in [1.82, 2.24) is 0 Å². The van der Waals surface area contributed by atoms with Gasteiger partial charge in [0.15, 0.2) is 0 Å². The molecule has 3 fully saturated rings. The normalized spacial score (nSPS) is 39.5. The van der Waals surface area contributed by atoms with E-state index in [0.29, 0.717) is 24.2 Å². The van der Waals surface area contributed by atoms with E-state index >= 15 is 0 Å². The molecule has 30 heavy (non-hydrogen) atoms. The Labute approximate surface area is 185 Å². The van der Waals surface area contributed by atoms with E-state index in [4.69, 9.17) is 0 Å². The summed E-state index contributed by atoms with van der Waals surface area (Å²) in [5, 5.41) is 20.2. The van der Waals surface area contributed by atoms with Gasteiger partial charge in [0.25, 0.3) is 0 Å². The van der Waals surface area contributed by atoms with Crippen LogP contribution in [0.15, 0.2) is 35.5 Å². The summed E-state index contributed by atoms with van der Waals surface area (Å²) in [4.78, 5) is 0. The zero-order valence-electron chi connectivity index (χ0n) is 20.2. The number of hydrogen-bond acceptors (Lipinski definition) is 2. The molecule has 0 aromatic heterocycles. The van der Waals surface area contributed by atoms with E-state index in [1.807, 2.05) is 0 Å². The highest BCUT2D eigenvalue weighted by Crippen LogP contribution is 2.60. The van der Waals surface area contributed by atoms with Crippen LogP contribution in [0.4, 0.5) is 0 Å². The zero-order valence-corrected chi connectivity index (χ0v) is 20.2. The minimum Gasteiger partial charge on any atom is -0.393 e. The lowest BCUT2D eigenvalue weighted by atomic mass is 9.60. The quantitative estimate of drug-likeness (QED) is 0.500. The molecule has 3 aliphatic carbocycles. The Morgan fingerprint density at radius 2 is 1.83 bits per heavy atom. The van der Waals surface area contributed by atoms with Crippen molar-refractivity contribution in [1.29, 1.82) is 0 Å². The third-order valence-electron chi connectivity index (χ3n) is 9.20. The highest BCUT2D eigenvalue weighted by atomic mass is 16.3. The first kappa shape index (κ1) is 23.8. The second-order valence-electron chi connectivity index (χ2n) is 11.4. The van der Waals surface area contributed by atoms with Crippen LogP contribution in [0.2, 0.25) is 0 Å². The molecule has 0 aromatic carbocycles. The number of hydrogen-bond donors (Lipinski definition) is 2. The second kappa shape index (κ2) is 9.74. The van der Waals surface area contributed by atoms with E-state index in [-0.39, 0.29) is 0 Å². The fourth-order valence-corrected chi connectivity index (χ4v) is 6.74. The smallest absolute Gasteiger partial charge is 0.0811 e. The molecule has 3 saturated carbocycles. The minimum atomic E-state index is -0.597. The first-order valence-corrected chi connectivity index (χ1v) is 12.6. The second-order valence-corrected chi connectivity index (χ2v) is 11.4. The molecule has 2 heteroatoms. The molecule has 0 aliphatic heterocycles. The summed E-state index contributed by atoms with van der Waals surface area (Å²) in [6.07, 6.45) is 13.8. The molecule has 7 atom stereocenters. The van der Waals surface area contributed by atoms with E-state index in [1.54, 1.807) is 5.57 Å². The predicted molar refractivity (Wildman–Crippen MR) is 127 cm³/mol. The van der Waals surface area contributed by atoms with E-state index < -0.39 is 12.2 Å². The number of fused-ring (bicyclic) bond motifs is 1. The first-order valence-electron chi connectivity index (χ1n) is 12.6. The Morgan fingerprint density at radius 1 is 1.10 bits per heavy atom. The van der Waals surface area contributed by atoms with Crippen molar-refractivity contribution < 1.29 is 10.2 Å². The molecule has 0 radical (unpaired) electrons. The lowest BCUT2D eigenvalue weighted by Crippen LogP contribution is -2.36. The lowest BCUT2D eigenvalue weighted by molar-refractivity contribution is 0.0861. The Morgan fingerprint density at radius 3 is 2.53 bits per heavy atom. The summed E-state index contributed by atoms with van der Waals surface area (Å²) in [6.45, 7) is 16.3. The van der Waals surface area contributed by atoms with Crippen molar-refractivity contribution in [3.8, 4) is 0 Å². The number of aliphatic hydroxyl groups excluding tert-OH is 2. The molecular formula is C28H46O2. The fraction of sp³-hybridized carbons (Fsp3) is 0.786. The summed E-state index contributed by atoms with van der Waals surface area (Å²) in [7, 11) is 0. The summed E-state index contributed by atoms with van der Waals surface area (Å²) >= 11 is 0. The molecule has 0 spiro atoms. The van der Waals surface area contributed by atoms with Gasteiger partial charge in [-0.2, -0.15) is 0 Å². The molecule has 2 N–H and O–H groups in total. The SMILES string of the molecule is C=C1/C(=C/C=C2/CCC[C@]3(C)[C@@H]([C@H](C)CC[C@H](C)C(C)C)CC[C@@H]23)C[C@@H](O)C[C@@H]1O. The van der Waals surface area contributed by atoms with Crippen LogP contribution in [0, 0.1) is 35.0 Å². The standard InChI is InChI=1S/C28H46O2/c1-18(2)19(3)9-10-20(4)25-13-14-26-22(8-7-15-28(25,26)6)11-12-23-16-24(29)17-27(30)21(23)5/h11-12,18-20,24-27,29-30H,5,7-10,13-17H2,1-4,6H3/b22-11-,23-12+/t19-,20+,24+,25+,26-,27-,28+/m0/s1. The largest absolute Gasteiger partial charge is 0.393 e. The van der Waals surface area contributed by atoms with Crippen molar-refractivity contribution in [2.24, 2.45) is 35.0 Å². The van der Waals surface area contributed by atoms with Crippen LogP contribution in [0.3, 0.4) is 0 Å². The monoisotopic (exact) mass is 414 g/mol. The summed E-state index contributed by atoms with van der Waals surface area (Å²) in [6, 6.07) is 0. The van der Waals surface area contributed by atoms with Gasteiger partial charge in [0, 0.05) is 6.42 Å². The number of aliphatic hydroxyl groups is 2. The molecule has 0 aromatic rings. The van der Waals surface area contributed by atoms with Gasteiger partial charge in [0.05, 0.1) is 12.2 Å². The summed E-state index contributed by atoms with van der Waals surface area (Å²) in [5.74, 6) is 3.95. The molecule has 0 amide bonds. The van der Waals surface area contributed by atoms with Gasteiger partial charge in [0.2, 0.25) is 0 Å². The minimum absolute atomic E-state index is 0.419. The Balaban J connectivity index is 1.72. The van der Waals surface area contributed by atoms with E-state index in [9.17, 15) is 10.2 Å². The van der Waals surface area contributed by atoms with Gasteiger partial charge in [0.1, 0.15) is 0 Å². The van der Waals surface area contributed by atoms with E-state index in [1.165, 1.54) is 44.9 Å². The summed E-state index contributed by atoms with van der Waals surface area (Å²) < 4.78 is 0. The summed E-state index contributed by atoms with van der Waals surface area (Å²) in [5.41, 5.74) is 3.87. The lowest BCUT2D eigenvalue weighted by Gasteiger charge is -2.44. The Hall–Kier alpha value is -0.860. The van der Waals surface area contributed by atoms with E-state index in [0.717, 1.165) is 34.8 Å². The van der Waals surface area contributed by atoms with Crippen LogP contribution in [0.5, 0.6) is 0 Å². The van der Waals surface area contributed by atoms with Gasteiger partial charge in [-0.1, -0.05) is 71.8 Å². The zero-order chi connectivity index (χ0) is 22.1. The fourth-order valence-electron chi connectivity index (χ4n) is 6.74. The molecule has 170 valence electrons. The third kappa shape index (κ3) is 4.96. The predicted octanol–water partition coefficient (Wildman–Crippen LogP) is 6.84. The van der Waals surface area contributed by atoms with Crippen LogP contribution in [0.25, 0.3) is 0 Å². The molecule has 0 saturated heterocycles. The van der Waals surface area contributed by atoms with Gasteiger partial charge in [-0.25, -0.2) is 0 Å². The molecule has 3 rings (SSSR count). The molecule has 3 aliphatic rings. The van der Waals surface area contributed by atoms with Gasteiger partial charge < -0.3 is 10.2 Å². The van der Waals surface area contributed by atoms with Crippen molar-refractivity contribution >= 4 is 0 Å². The molecule has 0 bridgehead atoms. The maximum atomic E-state index is 10.1. The van der Waals surface area contributed by atoms with Crippen LogP contribution in [-0.2, 0) is 0 Å². The van der Waals surface area contributed by atoms with Gasteiger partial charge in [-0.05, 0) is 84.7 Å². The van der Waals surface area contributed by atoms with Crippen LogP contribution >= 0.6 is 0 Å². The Bertz CT molecular complexity index is 672. The number of rotatable bonds is 6. The van der Waals surface area contributed by atoms with E-state index in [2.05, 4.69) is 53.3 Å². The van der Waals surface area contributed by atoms with Crippen molar-refractivity contribution in [3.05, 3.63) is 35.5 Å². The maximum absolute atomic E-state index is 10.1. The van der Waals surface area contributed by atoms with Gasteiger partial charge in [-0.15, -0.1) is 0 Å². The maximum Gasteiger partial charge on any atom is 0.0811 e. The van der Waals surface area contributed by atoms with Crippen LogP contribution in [-0.4, -0.2) is 22.4 Å². The topological polar surface area (TPSA) is 40.5 Å². The average Bonchev–Trinajstić information content (AvgIpc) is 3.04. The van der Waals surface area contributed by atoms with Crippen LogP contribution in [0.1, 0.15) is 92.4 Å². The van der Waals surface area contributed by atoms with Gasteiger partial charge in [-0.3, -0.25) is 0 Å². The molecular weight excluding hydrogens is 368 g/mol. The van der Waals surface area contributed by atoms with Crippen molar-refractivity contribution in [2.45, 2.75) is 105 Å². The molecule has 0 unspecified atom stereocenters. The number of allylic oxidation sites excluding steroid dienone is 3. The first-order chi connectivity index (χ1) is 14.1. The Kier molecular flexibility index (Phi) is 7.72. The van der Waals surface area contributed by atoms with Crippen molar-refractivity contribution in [3.63, 3.8) is 0 Å². The highest BCUT2D eigenvalue weighted by molar-refractivity contribution is 5.38. The highest BCUT2D eigenvalue weighted by Gasteiger charge is 2.50. The van der Waals surface area contributed by atoms with Crippen molar-refractivity contribution in [2.75, 3.05) is 0 Å². The third-order valence-corrected chi connectivity index (χ3v) is 9.20. The van der Waals surface area contributed by atoms with Crippen LogP contribution < -0.4 is 0 Å². The molecule has 0 heterocycles. The van der Waals surface area contributed by atoms with Gasteiger partial charge >= 0.3 is 0 Å².